The molecule has 0 aliphatic heterocycles. The number of hydrogen-bond donors (Lipinski definition) is 3. The molecule has 0 saturated heterocycles. The van der Waals surface area contributed by atoms with Gasteiger partial charge in [-0.2, -0.15) is 0 Å². The fraction of sp³-hybridized carbons (Fsp3) is 0.500. The fourth-order valence-electron chi connectivity index (χ4n) is 0.404. The lowest BCUT2D eigenvalue weighted by atomic mass is 11.0. The molecule has 0 saturated carbocycles. The molecule has 0 spiro atoms. The zero-order valence-electron chi connectivity index (χ0n) is 7.48. The van der Waals surface area contributed by atoms with Crippen LogP contribution in [-0.4, -0.2) is 43.7 Å². The molecule has 14 heavy (non-hydrogen) atoms. The Bertz CT molecular complexity index is 259. The Morgan fingerprint density at radius 2 is 1.93 bits per heavy atom. The number of methoxy groups -OCH3 is 1. The minimum absolute atomic E-state index is 0.0246. The van der Waals surface area contributed by atoms with Crippen molar-refractivity contribution in [2.45, 2.75) is 0 Å². The number of nitrogens with zero attached hydrogens (tertiary/aromatic N) is 2. The first-order chi connectivity index (χ1) is 6.66. The van der Waals surface area contributed by atoms with E-state index in [0.29, 0.717) is 0 Å². The Morgan fingerprint density at radius 1 is 1.36 bits per heavy atom. The lowest BCUT2D eigenvalue weighted by Gasteiger charge is -1.95. The van der Waals surface area contributed by atoms with Crippen molar-refractivity contribution in [2.24, 2.45) is 9.98 Å². The lowest BCUT2D eigenvalue weighted by molar-refractivity contribution is 0.171. The third-order valence-electron chi connectivity index (χ3n) is 0.939. The van der Waals surface area contributed by atoms with E-state index < -0.39 is 12.2 Å². The summed E-state index contributed by atoms with van der Waals surface area (Å²) in [5, 5.41) is 12.3. The van der Waals surface area contributed by atoms with Crippen LogP contribution in [0.2, 0.25) is 0 Å². The second-order valence-corrected chi connectivity index (χ2v) is 1.88. The van der Waals surface area contributed by atoms with Crippen LogP contribution in [0.5, 0.6) is 0 Å². The number of carbonyl (C=O) groups is 2. The van der Waals surface area contributed by atoms with Gasteiger partial charge in [0.15, 0.2) is 0 Å². The Hall–Kier alpha value is -2.08. The van der Waals surface area contributed by atoms with E-state index in [1.54, 1.807) is 0 Å². The smallest absolute Gasteiger partial charge is 0.408 e. The van der Waals surface area contributed by atoms with E-state index in [2.05, 4.69) is 26.0 Å². The van der Waals surface area contributed by atoms with Gasteiger partial charge >= 0.3 is 12.2 Å². The van der Waals surface area contributed by atoms with Crippen LogP contribution in [-0.2, 0) is 4.74 Å². The summed E-state index contributed by atoms with van der Waals surface area (Å²) in [4.78, 5) is 27.3. The van der Waals surface area contributed by atoms with Crippen LogP contribution in [0, 0.1) is 0 Å². The second kappa shape index (κ2) is 7.56. The maximum atomic E-state index is 10.4. The molecule has 0 aliphatic carbocycles. The molecule has 0 rings (SSSR count). The molecule has 0 aliphatic rings. The number of aliphatic imine (C=N–C) groups is 2. The third kappa shape index (κ3) is 8.02. The van der Waals surface area contributed by atoms with Gasteiger partial charge in [0.05, 0.1) is 13.1 Å². The summed E-state index contributed by atoms with van der Waals surface area (Å²) in [5.74, 6) is 0. The number of nitrogens with one attached hydrogen (secondary N) is 2. The molecule has 0 atom stereocenters. The Kier molecular flexibility index (Phi) is 6.44. The van der Waals surface area contributed by atoms with Gasteiger partial charge in [-0.1, -0.05) is 0 Å². The van der Waals surface area contributed by atoms with E-state index in [1.165, 1.54) is 7.11 Å². The number of amides is 2. The molecule has 0 heterocycles. The highest BCUT2D eigenvalue weighted by atomic mass is 16.5. The number of ether oxygens (including phenoxy) is 1. The van der Waals surface area contributed by atoms with Gasteiger partial charge in [0.25, 0.3) is 0 Å². The van der Waals surface area contributed by atoms with Crippen molar-refractivity contribution in [1.29, 1.82) is 0 Å². The van der Waals surface area contributed by atoms with Gasteiger partial charge in [0.2, 0.25) is 0 Å². The summed E-state index contributed by atoms with van der Waals surface area (Å²) < 4.78 is 4.25. The van der Waals surface area contributed by atoms with Crippen molar-refractivity contribution in [3.05, 3.63) is 0 Å². The average molecular weight is 202 g/mol. The van der Waals surface area contributed by atoms with E-state index in [1.807, 2.05) is 5.32 Å². The first kappa shape index (κ1) is 11.9. The van der Waals surface area contributed by atoms with Gasteiger partial charge in [-0.15, -0.1) is 0 Å². The zero-order chi connectivity index (χ0) is 10.8. The lowest BCUT2D eigenvalue weighted by Crippen LogP contribution is -2.22. The largest absolute Gasteiger partial charge is 0.465 e. The van der Waals surface area contributed by atoms with Crippen molar-refractivity contribution in [2.75, 3.05) is 20.4 Å². The molecule has 0 aromatic carbocycles. The number of alkyl carbamates (subject to hydrolysis) is 1. The normalized spacial score (nSPS) is 8.07. The zero-order valence-corrected chi connectivity index (χ0v) is 7.48. The monoisotopic (exact) mass is 202 g/mol. The second-order valence-electron chi connectivity index (χ2n) is 1.88. The predicted octanol–water partition coefficient (Wildman–Crippen LogP) is -0.301. The van der Waals surface area contributed by atoms with E-state index in [0.717, 1.165) is 0 Å². The van der Waals surface area contributed by atoms with E-state index in [9.17, 15) is 9.59 Å². The molecule has 0 unspecified atom stereocenters. The quantitative estimate of drug-likeness (QED) is 0.543. The molecule has 8 nitrogen and oxygen atoms in total. The molecule has 3 N–H and O–H groups in total. The van der Waals surface area contributed by atoms with Crippen molar-refractivity contribution in [3.63, 3.8) is 0 Å². The van der Waals surface area contributed by atoms with Crippen molar-refractivity contribution < 1.29 is 19.4 Å². The number of rotatable bonds is 4. The van der Waals surface area contributed by atoms with Gasteiger partial charge in [0, 0.05) is 0 Å². The number of carboxylic acid groups (broad SMARTS) is 1. The molecule has 0 aromatic heterocycles. The minimum Gasteiger partial charge on any atom is -0.465 e. The van der Waals surface area contributed by atoms with E-state index in [-0.39, 0.29) is 13.3 Å². The molecular weight excluding hydrogens is 192 g/mol. The van der Waals surface area contributed by atoms with Gasteiger partial charge in [0.1, 0.15) is 13.3 Å². The molecule has 0 bridgehead atoms. The van der Waals surface area contributed by atoms with Crippen LogP contribution in [0.3, 0.4) is 0 Å². The SMILES string of the molecule is COC(=O)NCN=C=NCNC(=O)O. The summed E-state index contributed by atoms with van der Waals surface area (Å²) in [6, 6.07) is 2.17. The van der Waals surface area contributed by atoms with Crippen molar-refractivity contribution in [1.82, 2.24) is 10.6 Å². The molecule has 78 valence electrons. The summed E-state index contributed by atoms with van der Waals surface area (Å²) in [6.07, 6.45) is -1.79. The van der Waals surface area contributed by atoms with Crippen LogP contribution in [0.15, 0.2) is 9.98 Å². The minimum atomic E-state index is -1.18. The van der Waals surface area contributed by atoms with Crippen molar-refractivity contribution >= 4 is 18.2 Å². The highest BCUT2D eigenvalue weighted by Gasteiger charge is 1.92. The van der Waals surface area contributed by atoms with Crippen LogP contribution >= 0.6 is 0 Å². The third-order valence-corrected chi connectivity index (χ3v) is 0.939. The van der Waals surface area contributed by atoms with Crippen LogP contribution in [0.25, 0.3) is 0 Å². The summed E-state index contributed by atoms with van der Waals surface area (Å²) in [6.45, 7) is -0.152. The van der Waals surface area contributed by atoms with E-state index in [4.69, 9.17) is 5.11 Å². The molecule has 0 aromatic rings. The molecule has 2 amide bonds. The standard InChI is InChI=1S/C6H10N4O4/c1-14-6(13)10-4-8-2-7-3-9-5(11)12/h9H,3-4H2,1H3,(H,10,13)(H,11,12). The number of carbonyl (C=O) groups excluding carboxylic acids is 1. The van der Waals surface area contributed by atoms with Gasteiger partial charge in [-0.3, -0.25) is 0 Å². The van der Waals surface area contributed by atoms with Gasteiger partial charge in [-0.05, 0) is 0 Å². The summed E-state index contributed by atoms with van der Waals surface area (Å²) in [5.41, 5.74) is 0. The topological polar surface area (TPSA) is 112 Å². The molecule has 0 radical (unpaired) electrons. The first-order valence-electron chi connectivity index (χ1n) is 3.53. The molecule has 0 fully saturated rings. The summed E-state index contributed by atoms with van der Waals surface area (Å²) >= 11 is 0. The maximum Gasteiger partial charge on any atom is 0.408 e. The molecular formula is C6H10N4O4. The Labute approximate surface area is 79.7 Å². The molecule has 8 heteroatoms. The van der Waals surface area contributed by atoms with Crippen LogP contribution in [0.4, 0.5) is 9.59 Å². The average Bonchev–Trinajstić information content (AvgIpc) is 2.15. The summed E-state index contributed by atoms with van der Waals surface area (Å²) in [7, 11) is 1.23. The maximum absolute atomic E-state index is 10.4. The van der Waals surface area contributed by atoms with Crippen LogP contribution < -0.4 is 10.6 Å². The fourth-order valence-corrected chi connectivity index (χ4v) is 0.404. The highest BCUT2D eigenvalue weighted by molar-refractivity contribution is 5.66. The van der Waals surface area contributed by atoms with Crippen molar-refractivity contribution in [3.8, 4) is 0 Å². The highest BCUT2D eigenvalue weighted by Crippen LogP contribution is 1.69. The predicted molar refractivity (Wildman–Crippen MR) is 46.3 cm³/mol. The Morgan fingerprint density at radius 3 is 2.43 bits per heavy atom. The Balaban J connectivity index is 3.51. The first-order valence-corrected chi connectivity index (χ1v) is 3.53. The van der Waals surface area contributed by atoms with E-state index >= 15 is 0 Å². The van der Waals surface area contributed by atoms with Gasteiger partial charge in [-0.25, -0.2) is 19.6 Å². The van der Waals surface area contributed by atoms with Gasteiger partial charge < -0.3 is 20.5 Å². The number of hydrogen-bond acceptors (Lipinski definition) is 5. The van der Waals surface area contributed by atoms with Crippen LogP contribution in [0.1, 0.15) is 0 Å².